The second-order valence-corrected chi connectivity index (χ2v) is 4.67. The maximum Gasteiger partial charge on any atom is 0.158 e. The summed E-state index contributed by atoms with van der Waals surface area (Å²) in [5, 5.41) is 8.81. The topological polar surface area (TPSA) is 74.7 Å². The molecule has 6 heteroatoms. The molecule has 2 heterocycles. The zero-order valence-electron chi connectivity index (χ0n) is 8.07. The molecule has 0 unspecified atom stereocenters. The summed E-state index contributed by atoms with van der Waals surface area (Å²) in [7, 11) is 0. The first-order valence-corrected chi connectivity index (χ1v) is 5.57. The summed E-state index contributed by atoms with van der Waals surface area (Å²) in [6.07, 6.45) is 0. The minimum absolute atomic E-state index is 0.365. The van der Waals surface area contributed by atoms with E-state index in [1.54, 1.807) is 18.2 Å². The monoisotopic (exact) mass is 250 g/mol. The number of hydrogen-bond acceptors (Lipinski definition) is 5. The molecule has 0 aliphatic rings. The van der Waals surface area contributed by atoms with Crippen molar-refractivity contribution in [1.29, 1.82) is 5.26 Å². The van der Waals surface area contributed by atoms with Crippen molar-refractivity contribution in [2.24, 2.45) is 5.84 Å². The minimum atomic E-state index is 0.365. The number of hydrogen-bond donors (Lipinski definition) is 2. The molecule has 0 fully saturated rings. The highest BCUT2D eigenvalue weighted by molar-refractivity contribution is 7.19. The molecule has 0 saturated carbocycles. The van der Waals surface area contributed by atoms with Crippen molar-refractivity contribution in [2.75, 3.05) is 5.43 Å². The molecule has 2 rings (SSSR count). The molecule has 0 atom stereocenters. The van der Waals surface area contributed by atoms with Crippen molar-refractivity contribution < 1.29 is 0 Å². The lowest BCUT2D eigenvalue weighted by Crippen LogP contribution is -2.10. The van der Waals surface area contributed by atoms with E-state index in [-0.39, 0.29) is 0 Å². The fourth-order valence-corrected chi connectivity index (χ4v) is 2.26. The minimum Gasteiger partial charge on any atom is -0.307 e. The van der Waals surface area contributed by atoms with Gasteiger partial charge in [-0.05, 0) is 24.3 Å². The van der Waals surface area contributed by atoms with Gasteiger partial charge in [0.15, 0.2) is 5.82 Å². The number of nitrogens with one attached hydrogen (secondary N) is 1. The molecule has 0 aromatic carbocycles. The van der Waals surface area contributed by atoms with E-state index in [1.165, 1.54) is 11.3 Å². The van der Waals surface area contributed by atoms with Crippen LogP contribution in [0.15, 0.2) is 24.3 Å². The fourth-order valence-electron chi connectivity index (χ4n) is 1.25. The summed E-state index contributed by atoms with van der Waals surface area (Å²) in [5.41, 5.74) is 3.55. The van der Waals surface area contributed by atoms with Crippen LogP contribution in [0, 0.1) is 11.3 Å². The maximum atomic E-state index is 8.81. The van der Waals surface area contributed by atoms with Crippen molar-refractivity contribution >= 4 is 28.8 Å². The summed E-state index contributed by atoms with van der Waals surface area (Å²) in [4.78, 5) is 5.17. The molecule has 4 nitrogen and oxygen atoms in total. The average molecular weight is 251 g/mol. The highest BCUT2D eigenvalue weighted by atomic mass is 35.5. The van der Waals surface area contributed by atoms with Crippen LogP contribution in [0.2, 0.25) is 4.34 Å². The lowest BCUT2D eigenvalue weighted by atomic mass is 10.2. The van der Waals surface area contributed by atoms with E-state index in [0.29, 0.717) is 15.7 Å². The van der Waals surface area contributed by atoms with Gasteiger partial charge in [-0.3, -0.25) is 0 Å². The van der Waals surface area contributed by atoms with Crippen LogP contribution in [0.5, 0.6) is 0 Å². The molecule has 2 aromatic heterocycles. The van der Waals surface area contributed by atoms with Crippen molar-refractivity contribution in [2.45, 2.75) is 0 Å². The van der Waals surface area contributed by atoms with E-state index < -0.39 is 0 Å². The summed E-state index contributed by atoms with van der Waals surface area (Å²) < 4.78 is 0.698. The second kappa shape index (κ2) is 4.49. The SMILES string of the molecule is N#Cc1ccc(-c2ccc(Cl)s2)nc1NN. The third kappa shape index (κ3) is 1.99. The Morgan fingerprint density at radius 3 is 2.75 bits per heavy atom. The Balaban J connectivity index is 2.48. The first-order chi connectivity index (χ1) is 7.74. The number of halogens is 1. The second-order valence-electron chi connectivity index (χ2n) is 2.95. The van der Waals surface area contributed by atoms with Gasteiger partial charge >= 0.3 is 0 Å². The maximum absolute atomic E-state index is 8.81. The number of anilines is 1. The van der Waals surface area contributed by atoms with Crippen LogP contribution < -0.4 is 11.3 Å². The Morgan fingerprint density at radius 2 is 2.19 bits per heavy atom. The fraction of sp³-hybridized carbons (Fsp3) is 0. The summed E-state index contributed by atoms with van der Waals surface area (Å²) in [5.74, 6) is 5.66. The van der Waals surface area contributed by atoms with Crippen LogP contribution in [0.1, 0.15) is 5.56 Å². The van der Waals surface area contributed by atoms with E-state index >= 15 is 0 Å². The van der Waals surface area contributed by atoms with E-state index in [1.807, 2.05) is 12.1 Å². The normalized spacial score (nSPS) is 9.81. The van der Waals surface area contributed by atoms with Gasteiger partial charge < -0.3 is 5.43 Å². The number of rotatable bonds is 2. The van der Waals surface area contributed by atoms with Crippen molar-refractivity contribution in [3.63, 3.8) is 0 Å². The van der Waals surface area contributed by atoms with E-state index in [2.05, 4.69) is 10.4 Å². The van der Waals surface area contributed by atoms with Crippen LogP contribution >= 0.6 is 22.9 Å². The number of nitrogens with two attached hydrogens (primary N) is 1. The van der Waals surface area contributed by atoms with Crippen LogP contribution in [0.4, 0.5) is 5.82 Å². The Labute approximate surface area is 101 Å². The summed E-state index contributed by atoms with van der Waals surface area (Å²) >= 11 is 7.27. The third-order valence-corrected chi connectivity index (χ3v) is 3.23. The number of aromatic nitrogens is 1. The number of nitrogens with zero attached hydrogens (tertiary/aromatic N) is 2. The van der Waals surface area contributed by atoms with Crippen LogP contribution in [-0.2, 0) is 0 Å². The lowest BCUT2D eigenvalue weighted by Gasteiger charge is -2.03. The van der Waals surface area contributed by atoms with E-state index in [0.717, 1.165) is 10.6 Å². The molecule has 16 heavy (non-hydrogen) atoms. The molecule has 3 N–H and O–H groups in total. The van der Waals surface area contributed by atoms with Gasteiger partial charge in [-0.2, -0.15) is 5.26 Å². The molecular formula is C10H7ClN4S. The lowest BCUT2D eigenvalue weighted by molar-refractivity contribution is 1.22. The Hall–Kier alpha value is -1.61. The van der Waals surface area contributed by atoms with Gasteiger partial charge in [0, 0.05) is 0 Å². The van der Waals surface area contributed by atoms with Crippen LogP contribution in [-0.4, -0.2) is 4.98 Å². The molecular weight excluding hydrogens is 244 g/mol. The quantitative estimate of drug-likeness (QED) is 0.635. The largest absolute Gasteiger partial charge is 0.307 e. The summed E-state index contributed by atoms with van der Waals surface area (Å²) in [6.45, 7) is 0. The number of hydrazine groups is 1. The molecule has 80 valence electrons. The molecule has 0 spiro atoms. The smallest absolute Gasteiger partial charge is 0.158 e. The molecule has 2 aromatic rings. The van der Waals surface area contributed by atoms with Crippen molar-refractivity contribution in [1.82, 2.24) is 4.98 Å². The van der Waals surface area contributed by atoms with Crippen LogP contribution in [0.3, 0.4) is 0 Å². The van der Waals surface area contributed by atoms with Gasteiger partial charge in [0.1, 0.15) is 6.07 Å². The first kappa shape index (κ1) is 10.9. The molecule has 0 bridgehead atoms. The van der Waals surface area contributed by atoms with Gasteiger partial charge in [0.2, 0.25) is 0 Å². The van der Waals surface area contributed by atoms with Crippen LogP contribution in [0.25, 0.3) is 10.6 Å². The molecule has 0 aliphatic carbocycles. The van der Waals surface area contributed by atoms with Crippen molar-refractivity contribution in [3.05, 3.63) is 34.2 Å². The Bertz CT molecular complexity index is 558. The predicted octanol–water partition coefficient (Wildman–Crippen LogP) is 2.62. The van der Waals surface area contributed by atoms with Gasteiger partial charge in [0.05, 0.1) is 20.5 Å². The summed E-state index contributed by atoms with van der Waals surface area (Å²) in [6, 6.07) is 9.12. The molecule has 0 saturated heterocycles. The van der Waals surface area contributed by atoms with Gasteiger partial charge in [-0.15, -0.1) is 11.3 Å². The highest BCUT2D eigenvalue weighted by Crippen LogP contribution is 2.30. The highest BCUT2D eigenvalue weighted by Gasteiger charge is 2.07. The number of nitrogen functional groups attached to an aromatic ring is 1. The standard InChI is InChI=1S/C10H7ClN4S/c11-9-4-3-8(16-9)7-2-1-6(5-12)10(14-7)15-13/h1-4H,13H2,(H,14,15). The third-order valence-electron chi connectivity index (χ3n) is 1.98. The van der Waals surface area contributed by atoms with Gasteiger partial charge in [0.25, 0.3) is 0 Å². The molecule has 0 aliphatic heterocycles. The van der Waals surface area contributed by atoms with Crippen molar-refractivity contribution in [3.8, 4) is 16.6 Å². The van der Waals surface area contributed by atoms with E-state index in [9.17, 15) is 0 Å². The average Bonchev–Trinajstić information content (AvgIpc) is 2.75. The zero-order chi connectivity index (χ0) is 11.5. The molecule has 0 amide bonds. The zero-order valence-corrected chi connectivity index (χ0v) is 9.64. The Morgan fingerprint density at radius 1 is 1.38 bits per heavy atom. The Kier molecular flexibility index (Phi) is 3.06. The van der Waals surface area contributed by atoms with Gasteiger partial charge in [-0.25, -0.2) is 10.8 Å². The first-order valence-electron chi connectivity index (χ1n) is 4.38. The molecule has 0 radical (unpaired) electrons. The number of pyridine rings is 1. The van der Waals surface area contributed by atoms with E-state index in [4.69, 9.17) is 22.7 Å². The predicted molar refractivity (Wildman–Crippen MR) is 65.1 cm³/mol. The van der Waals surface area contributed by atoms with Gasteiger partial charge in [-0.1, -0.05) is 11.6 Å². The number of nitriles is 1. The number of thiophene rings is 1.